The topological polar surface area (TPSA) is 12.9 Å². The van der Waals surface area contributed by atoms with Gasteiger partial charge in [-0.15, -0.1) is 0 Å². The van der Waals surface area contributed by atoms with Crippen molar-refractivity contribution in [3.05, 3.63) is 22.9 Å². The Bertz CT molecular complexity index is 359. The first-order valence-electron chi connectivity index (χ1n) is 8.30. The molecule has 0 radical (unpaired) electrons. The van der Waals surface area contributed by atoms with Crippen LogP contribution in [0, 0.1) is 0 Å². The average molecular weight is 447 g/mol. The molecule has 0 N–H and O–H groups in total. The Morgan fingerprint density at radius 1 is 0.950 bits per heavy atom. The van der Waals surface area contributed by atoms with Crippen LogP contribution in [0.25, 0.3) is 0 Å². The van der Waals surface area contributed by atoms with Gasteiger partial charge in [0.05, 0.1) is 0 Å². The van der Waals surface area contributed by atoms with Gasteiger partial charge in [-0.2, -0.15) is 0 Å². The van der Waals surface area contributed by atoms with Gasteiger partial charge in [-0.05, 0) is 0 Å². The van der Waals surface area contributed by atoms with Gasteiger partial charge in [-0.25, -0.2) is 0 Å². The standard InChI is InChI=1S/C5H3BrN.3C4H9.Sn/c6-5-2-1-3-7-4-5;3*1-3-4-2;/h1,3-4H;3*1,3-4H2,2H3;. The normalized spacial score (nSPS) is 11.8. The second kappa shape index (κ2) is 10.2. The van der Waals surface area contributed by atoms with Crippen LogP contribution in [0.4, 0.5) is 0 Å². The Morgan fingerprint density at radius 3 is 1.85 bits per heavy atom. The summed E-state index contributed by atoms with van der Waals surface area (Å²) in [5.74, 6) is 0. The van der Waals surface area contributed by atoms with Gasteiger partial charge in [0.15, 0.2) is 0 Å². The summed E-state index contributed by atoms with van der Waals surface area (Å²) < 4.78 is 7.55. The summed E-state index contributed by atoms with van der Waals surface area (Å²) in [6, 6.07) is 2.33. The van der Waals surface area contributed by atoms with Crippen LogP contribution < -0.4 is 3.58 Å². The van der Waals surface area contributed by atoms with E-state index >= 15 is 0 Å². The van der Waals surface area contributed by atoms with Crippen LogP contribution in [-0.2, 0) is 0 Å². The molecular formula is C17H30BrNSn. The molecule has 0 aliphatic rings. The van der Waals surface area contributed by atoms with Crippen LogP contribution >= 0.6 is 15.9 Å². The van der Waals surface area contributed by atoms with Crippen molar-refractivity contribution in [2.24, 2.45) is 0 Å². The molecule has 3 heteroatoms. The van der Waals surface area contributed by atoms with E-state index in [4.69, 9.17) is 0 Å². The van der Waals surface area contributed by atoms with E-state index in [1.165, 1.54) is 56.3 Å². The molecule has 1 aromatic heterocycles. The van der Waals surface area contributed by atoms with Gasteiger partial charge in [-0.1, -0.05) is 0 Å². The molecule has 0 fully saturated rings. The number of hydrogen-bond donors (Lipinski definition) is 0. The van der Waals surface area contributed by atoms with E-state index in [0.717, 1.165) is 0 Å². The predicted molar refractivity (Wildman–Crippen MR) is 96.5 cm³/mol. The van der Waals surface area contributed by atoms with Gasteiger partial charge < -0.3 is 0 Å². The maximum atomic E-state index is 4.29. The van der Waals surface area contributed by atoms with E-state index in [9.17, 15) is 0 Å². The monoisotopic (exact) mass is 447 g/mol. The summed E-state index contributed by atoms with van der Waals surface area (Å²) in [6.07, 6.45) is 12.3. The zero-order valence-corrected chi connectivity index (χ0v) is 17.9. The third-order valence-corrected chi connectivity index (χ3v) is 21.8. The van der Waals surface area contributed by atoms with Crippen molar-refractivity contribution in [2.75, 3.05) is 0 Å². The quantitative estimate of drug-likeness (QED) is 0.408. The molecule has 1 aromatic rings. The summed E-state index contributed by atoms with van der Waals surface area (Å²) in [6.45, 7) is 6.99. The van der Waals surface area contributed by atoms with Crippen LogP contribution in [0.3, 0.4) is 0 Å². The fraction of sp³-hybridized carbons (Fsp3) is 0.706. The average Bonchev–Trinajstić information content (AvgIpc) is 2.48. The molecule has 0 aliphatic carbocycles. The first-order chi connectivity index (χ1) is 9.70. The first-order valence-corrected chi connectivity index (χ1v) is 16.6. The van der Waals surface area contributed by atoms with Crippen molar-refractivity contribution in [2.45, 2.75) is 72.6 Å². The van der Waals surface area contributed by atoms with Crippen molar-refractivity contribution in [3.8, 4) is 0 Å². The SMILES string of the molecule is CCC[CH2][Sn]([CH2]CCC)([CH2]CCC)[c]1ccncc1Br. The van der Waals surface area contributed by atoms with E-state index in [1.807, 2.05) is 12.4 Å². The van der Waals surface area contributed by atoms with Crippen molar-refractivity contribution < 1.29 is 0 Å². The van der Waals surface area contributed by atoms with Crippen molar-refractivity contribution in [3.63, 3.8) is 0 Å². The number of halogens is 1. The number of rotatable bonds is 10. The van der Waals surface area contributed by atoms with Crippen LogP contribution in [0.1, 0.15) is 59.3 Å². The molecule has 0 saturated heterocycles. The van der Waals surface area contributed by atoms with Crippen molar-refractivity contribution >= 4 is 37.9 Å². The summed E-state index contributed by atoms with van der Waals surface area (Å²) in [7, 11) is 0. The molecule has 0 aromatic carbocycles. The van der Waals surface area contributed by atoms with Crippen molar-refractivity contribution in [1.82, 2.24) is 4.98 Å². The first kappa shape index (κ1) is 18.5. The Hall–Kier alpha value is 0.429. The van der Waals surface area contributed by atoms with E-state index in [-0.39, 0.29) is 0 Å². The Labute approximate surface area is 138 Å². The molecule has 0 amide bonds. The second-order valence-electron chi connectivity index (χ2n) is 5.95. The number of aromatic nitrogens is 1. The van der Waals surface area contributed by atoms with Crippen molar-refractivity contribution in [1.29, 1.82) is 0 Å². The summed E-state index contributed by atoms with van der Waals surface area (Å²) >= 11 is 1.55. The number of hydrogen-bond acceptors (Lipinski definition) is 1. The maximum absolute atomic E-state index is 4.29. The molecule has 20 heavy (non-hydrogen) atoms. The number of unbranched alkanes of at least 4 members (excludes halogenated alkanes) is 3. The van der Waals surface area contributed by atoms with Gasteiger partial charge in [0.2, 0.25) is 0 Å². The molecule has 114 valence electrons. The Balaban J connectivity index is 3.08. The van der Waals surface area contributed by atoms with Crippen LogP contribution in [-0.4, -0.2) is 23.4 Å². The number of nitrogens with zero attached hydrogens (tertiary/aromatic N) is 1. The molecule has 0 unspecified atom stereocenters. The van der Waals surface area contributed by atoms with E-state index in [1.54, 1.807) is 3.58 Å². The molecule has 1 rings (SSSR count). The van der Waals surface area contributed by atoms with Crippen LogP contribution in [0.2, 0.25) is 13.3 Å². The molecule has 0 bridgehead atoms. The van der Waals surface area contributed by atoms with Gasteiger partial charge >= 0.3 is 138 Å². The molecule has 1 heterocycles. The van der Waals surface area contributed by atoms with Crippen LogP contribution in [0.15, 0.2) is 22.9 Å². The molecular weight excluding hydrogens is 417 g/mol. The molecule has 0 atom stereocenters. The third kappa shape index (κ3) is 5.32. The Morgan fingerprint density at radius 2 is 1.45 bits per heavy atom. The van der Waals surface area contributed by atoms with E-state index in [2.05, 4.69) is 47.8 Å². The summed E-state index contributed by atoms with van der Waals surface area (Å²) in [5, 5.41) is 0. The van der Waals surface area contributed by atoms with Gasteiger partial charge in [0, 0.05) is 0 Å². The molecule has 1 nitrogen and oxygen atoms in total. The van der Waals surface area contributed by atoms with E-state index in [0.29, 0.717) is 0 Å². The molecule has 0 spiro atoms. The third-order valence-electron chi connectivity index (χ3n) is 4.37. The minimum absolute atomic E-state index is 1.29. The summed E-state index contributed by atoms with van der Waals surface area (Å²) in [4.78, 5) is 4.29. The predicted octanol–water partition coefficient (Wildman–Crippen LogP) is 5.90. The fourth-order valence-electron chi connectivity index (χ4n) is 3.13. The Kier molecular flexibility index (Phi) is 9.43. The molecule has 0 saturated carbocycles. The van der Waals surface area contributed by atoms with Crippen LogP contribution in [0.5, 0.6) is 0 Å². The fourth-order valence-corrected chi connectivity index (χ4v) is 22.3. The summed E-state index contributed by atoms with van der Waals surface area (Å²) in [5.41, 5.74) is 0. The van der Waals surface area contributed by atoms with Gasteiger partial charge in [0.1, 0.15) is 0 Å². The molecule has 0 aliphatic heterocycles. The van der Waals surface area contributed by atoms with E-state index < -0.39 is 18.4 Å². The van der Waals surface area contributed by atoms with Gasteiger partial charge in [0.25, 0.3) is 0 Å². The second-order valence-corrected chi connectivity index (χ2v) is 19.9. The zero-order valence-electron chi connectivity index (χ0n) is 13.4. The minimum atomic E-state index is -2.25. The number of pyridine rings is 1. The van der Waals surface area contributed by atoms with Gasteiger partial charge in [-0.3, -0.25) is 0 Å². The zero-order chi connectivity index (χ0) is 14.8.